The molecule has 7 nitrogen and oxygen atoms in total. The number of nitro groups is 1. The van der Waals surface area contributed by atoms with Gasteiger partial charge < -0.3 is 10.2 Å². The second kappa shape index (κ2) is 3.76. The summed E-state index contributed by atoms with van der Waals surface area (Å²) < 4.78 is 0. The summed E-state index contributed by atoms with van der Waals surface area (Å²) in [6.45, 7) is 1.14. The average Bonchev–Trinajstić information content (AvgIpc) is 2.16. The van der Waals surface area contributed by atoms with E-state index >= 15 is 0 Å². The quantitative estimate of drug-likeness (QED) is 0.535. The minimum absolute atomic E-state index is 0.625. The second-order valence-electron chi connectivity index (χ2n) is 3.57. The fraction of sp³-hybridized carbons (Fsp3) is 0.333. The van der Waals surface area contributed by atoms with Gasteiger partial charge in [-0.1, -0.05) is 12.2 Å². The Morgan fingerprint density at radius 1 is 1.50 bits per heavy atom. The average molecular weight is 227 g/mol. The maximum atomic E-state index is 11.0. The van der Waals surface area contributed by atoms with Crippen molar-refractivity contribution in [3.05, 3.63) is 34.0 Å². The summed E-state index contributed by atoms with van der Waals surface area (Å²) in [5.74, 6) is -4.63. The first-order chi connectivity index (χ1) is 7.30. The minimum atomic E-state index is -1.80. The molecule has 1 aliphatic rings. The first-order valence-electron chi connectivity index (χ1n) is 4.30. The summed E-state index contributed by atoms with van der Waals surface area (Å²) >= 11 is 0. The molecule has 1 aliphatic carbocycles. The summed E-state index contributed by atoms with van der Waals surface area (Å²) in [5, 5.41) is 28.5. The fourth-order valence-corrected chi connectivity index (χ4v) is 1.59. The highest BCUT2D eigenvalue weighted by molar-refractivity contribution is 5.87. The van der Waals surface area contributed by atoms with Crippen molar-refractivity contribution < 1.29 is 24.7 Å². The number of carbonyl (C=O) groups is 2. The molecule has 0 aromatic heterocycles. The third-order valence-electron chi connectivity index (χ3n) is 2.52. The maximum Gasteiger partial charge on any atom is 0.318 e. The molecule has 1 rings (SSSR count). The molecule has 0 spiro atoms. The van der Waals surface area contributed by atoms with Crippen LogP contribution in [-0.4, -0.2) is 27.1 Å². The van der Waals surface area contributed by atoms with Gasteiger partial charge in [-0.05, 0) is 6.92 Å². The second-order valence-corrected chi connectivity index (χ2v) is 3.57. The summed E-state index contributed by atoms with van der Waals surface area (Å²) in [6.07, 6.45) is 3.33. The van der Waals surface area contributed by atoms with Crippen LogP contribution in [0.25, 0.3) is 0 Å². The van der Waals surface area contributed by atoms with Crippen molar-refractivity contribution in [3.63, 3.8) is 0 Å². The van der Waals surface area contributed by atoms with Crippen LogP contribution >= 0.6 is 0 Å². The van der Waals surface area contributed by atoms with Crippen LogP contribution in [0.5, 0.6) is 0 Å². The fourth-order valence-electron chi connectivity index (χ4n) is 1.59. The van der Waals surface area contributed by atoms with Gasteiger partial charge in [0.25, 0.3) is 5.70 Å². The Morgan fingerprint density at radius 3 is 2.44 bits per heavy atom. The lowest BCUT2D eigenvalue weighted by Crippen LogP contribution is -2.42. The van der Waals surface area contributed by atoms with E-state index in [2.05, 4.69) is 0 Å². The highest BCUT2D eigenvalue weighted by atomic mass is 16.6. The molecule has 0 radical (unpaired) electrons. The molecule has 2 N–H and O–H groups in total. The maximum absolute atomic E-state index is 11.0. The highest BCUT2D eigenvalue weighted by Gasteiger charge is 2.52. The lowest BCUT2D eigenvalue weighted by Gasteiger charge is -2.27. The van der Waals surface area contributed by atoms with Gasteiger partial charge in [-0.2, -0.15) is 0 Å². The molecule has 0 saturated carbocycles. The summed E-state index contributed by atoms with van der Waals surface area (Å²) in [6, 6.07) is 0. The van der Waals surface area contributed by atoms with Gasteiger partial charge >= 0.3 is 11.9 Å². The van der Waals surface area contributed by atoms with Crippen LogP contribution in [0.4, 0.5) is 0 Å². The summed E-state index contributed by atoms with van der Waals surface area (Å²) in [5.41, 5.74) is -2.43. The number of carboxylic acid groups (broad SMARTS) is 2. The molecular formula is C9H9NO6. The number of hydrogen-bond acceptors (Lipinski definition) is 4. The lowest BCUT2D eigenvalue weighted by atomic mass is 9.72. The number of hydrogen-bond donors (Lipinski definition) is 2. The van der Waals surface area contributed by atoms with Crippen LogP contribution < -0.4 is 0 Å². The van der Waals surface area contributed by atoms with E-state index < -0.39 is 33.9 Å². The molecule has 0 amide bonds. The molecular weight excluding hydrogens is 218 g/mol. The summed E-state index contributed by atoms with van der Waals surface area (Å²) in [7, 11) is 0. The van der Waals surface area contributed by atoms with E-state index in [1.54, 1.807) is 0 Å². The van der Waals surface area contributed by atoms with Crippen LogP contribution in [0.2, 0.25) is 0 Å². The molecule has 2 atom stereocenters. The Bertz CT molecular complexity index is 424. The Hall–Kier alpha value is -2.18. The van der Waals surface area contributed by atoms with E-state index in [4.69, 9.17) is 10.2 Å². The predicted molar refractivity (Wildman–Crippen MR) is 51.1 cm³/mol. The van der Waals surface area contributed by atoms with Crippen molar-refractivity contribution in [1.82, 2.24) is 0 Å². The Balaban J connectivity index is 3.32. The van der Waals surface area contributed by atoms with Gasteiger partial charge in [0.1, 0.15) is 5.41 Å². The minimum Gasteiger partial charge on any atom is -0.481 e. The van der Waals surface area contributed by atoms with Gasteiger partial charge in [-0.15, -0.1) is 0 Å². The van der Waals surface area contributed by atoms with Gasteiger partial charge in [-0.3, -0.25) is 19.7 Å². The summed E-state index contributed by atoms with van der Waals surface area (Å²) in [4.78, 5) is 31.7. The molecule has 0 heterocycles. The first-order valence-corrected chi connectivity index (χ1v) is 4.30. The van der Waals surface area contributed by atoms with E-state index in [1.165, 1.54) is 6.08 Å². The van der Waals surface area contributed by atoms with Gasteiger partial charge in [0.15, 0.2) is 5.92 Å². The van der Waals surface area contributed by atoms with E-state index in [-0.39, 0.29) is 0 Å². The molecule has 86 valence electrons. The Morgan fingerprint density at radius 2 is 2.06 bits per heavy atom. The van der Waals surface area contributed by atoms with Crippen molar-refractivity contribution in [2.75, 3.05) is 0 Å². The molecule has 0 bridgehead atoms. The van der Waals surface area contributed by atoms with Crippen molar-refractivity contribution >= 4 is 11.9 Å². The van der Waals surface area contributed by atoms with E-state index in [0.29, 0.717) is 0 Å². The van der Waals surface area contributed by atoms with E-state index in [1.807, 2.05) is 0 Å². The number of aliphatic carboxylic acids is 2. The molecule has 0 aliphatic heterocycles. The highest BCUT2D eigenvalue weighted by Crippen LogP contribution is 2.38. The Kier molecular flexibility index (Phi) is 2.80. The van der Waals surface area contributed by atoms with Crippen molar-refractivity contribution in [2.24, 2.45) is 11.3 Å². The lowest BCUT2D eigenvalue weighted by molar-refractivity contribution is -0.434. The normalized spacial score (nSPS) is 28.3. The molecule has 16 heavy (non-hydrogen) atoms. The van der Waals surface area contributed by atoms with E-state index in [9.17, 15) is 19.7 Å². The number of nitrogens with zero attached hydrogens (tertiary/aromatic N) is 1. The SMILES string of the molecule is CC1(C(=O)O)C=CC=C([N+](=O)[O-])C1C(=O)O. The number of rotatable bonds is 3. The molecule has 0 saturated heterocycles. The van der Waals surface area contributed by atoms with Crippen molar-refractivity contribution in [1.29, 1.82) is 0 Å². The zero-order chi connectivity index (χ0) is 12.5. The molecule has 0 fully saturated rings. The van der Waals surface area contributed by atoms with Crippen LogP contribution in [0.3, 0.4) is 0 Å². The van der Waals surface area contributed by atoms with Crippen LogP contribution in [-0.2, 0) is 9.59 Å². The molecule has 7 heteroatoms. The van der Waals surface area contributed by atoms with Gasteiger partial charge in [0.2, 0.25) is 0 Å². The van der Waals surface area contributed by atoms with Crippen molar-refractivity contribution in [3.8, 4) is 0 Å². The predicted octanol–water partition coefficient (Wildman–Crippen LogP) is 0.508. The monoisotopic (exact) mass is 227 g/mol. The van der Waals surface area contributed by atoms with Crippen LogP contribution in [0.1, 0.15) is 6.92 Å². The topological polar surface area (TPSA) is 118 Å². The third kappa shape index (κ3) is 1.67. The number of carboxylic acids is 2. The largest absolute Gasteiger partial charge is 0.481 e. The van der Waals surface area contributed by atoms with Gasteiger partial charge in [0.05, 0.1) is 4.92 Å². The first kappa shape index (κ1) is 11.9. The zero-order valence-electron chi connectivity index (χ0n) is 8.28. The number of allylic oxidation sites excluding steroid dienone is 2. The molecule has 0 aromatic rings. The Labute approximate surface area is 89.8 Å². The van der Waals surface area contributed by atoms with Crippen molar-refractivity contribution in [2.45, 2.75) is 6.92 Å². The van der Waals surface area contributed by atoms with Crippen LogP contribution in [0.15, 0.2) is 23.9 Å². The van der Waals surface area contributed by atoms with E-state index in [0.717, 1.165) is 19.1 Å². The smallest absolute Gasteiger partial charge is 0.318 e. The van der Waals surface area contributed by atoms with Gasteiger partial charge in [0, 0.05) is 6.08 Å². The molecule has 0 aromatic carbocycles. The third-order valence-corrected chi connectivity index (χ3v) is 2.52. The van der Waals surface area contributed by atoms with Crippen LogP contribution in [0, 0.1) is 21.4 Å². The standard InChI is InChI=1S/C9H9NO6/c1-9(8(13)14)4-2-3-5(10(15)16)6(9)7(11)12/h2-4,6H,1H3,(H,11,12)(H,13,14). The zero-order valence-corrected chi connectivity index (χ0v) is 8.28. The molecule has 2 unspecified atom stereocenters. The van der Waals surface area contributed by atoms with Gasteiger partial charge in [-0.25, -0.2) is 0 Å².